The first-order valence-corrected chi connectivity index (χ1v) is 13.3. The summed E-state index contributed by atoms with van der Waals surface area (Å²) in [5, 5.41) is 15.4. The maximum atomic E-state index is 13.9. The van der Waals surface area contributed by atoms with Gasteiger partial charge in [0.25, 0.3) is 5.91 Å². The topological polar surface area (TPSA) is 107 Å². The molecule has 10 heteroatoms. The smallest absolute Gasteiger partial charge is 0.287 e. The number of nitriles is 1. The highest BCUT2D eigenvalue weighted by Gasteiger charge is 2.53. The maximum absolute atomic E-state index is 13.9. The molecule has 0 spiro atoms. The summed E-state index contributed by atoms with van der Waals surface area (Å²) in [7, 11) is 0. The van der Waals surface area contributed by atoms with E-state index < -0.39 is 41.7 Å². The normalized spacial score (nSPS) is 19.0. The Hall–Kier alpha value is -3.58. The van der Waals surface area contributed by atoms with Crippen LogP contribution in [0.5, 0.6) is 0 Å². The summed E-state index contributed by atoms with van der Waals surface area (Å²) in [4.78, 5) is 26.4. The first kappa shape index (κ1) is 25.1. The second-order valence-electron chi connectivity index (χ2n) is 9.79. The van der Waals surface area contributed by atoms with Crippen LogP contribution >= 0.6 is 11.9 Å². The first-order chi connectivity index (χ1) is 17.7. The highest BCUT2D eigenvalue weighted by atomic mass is 32.2. The van der Waals surface area contributed by atoms with E-state index in [1.807, 2.05) is 48.7 Å². The van der Waals surface area contributed by atoms with E-state index in [2.05, 4.69) is 21.4 Å². The van der Waals surface area contributed by atoms with E-state index in [0.29, 0.717) is 23.8 Å². The van der Waals surface area contributed by atoms with Crippen LogP contribution in [0.25, 0.3) is 22.1 Å². The molecule has 2 aliphatic carbocycles. The van der Waals surface area contributed by atoms with Crippen molar-refractivity contribution in [1.82, 2.24) is 10.6 Å². The summed E-state index contributed by atoms with van der Waals surface area (Å²) in [5.74, 6) is -4.18. The number of fused-ring (bicyclic) bond motifs is 1. The lowest BCUT2D eigenvalue weighted by Gasteiger charge is -2.39. The lowest BCUT2D eigenvalue weighted by Crippen LogP contribution is -2.62. The van der Waals surface area contributed by atoms with Crippen LogP contribution < -0.4 is 15.4 Å². The van der Waals surface area contributed by atoms with Crippen molar-refractivity contribution in [3.05, 3.63) is 54.3 Å². The van der Waals surface area contributed by atoms with Gasteiger partial charge in [0, 0.05) is 30.2 Å². The molecular weight excluding hydrogens is 498 g/mol. The number of rotatable bonds is 7. The monoisotopic (exact) mass is 524 g/mol. The average Bonchev–Trinajstić information content (AvgIpc) is 3.52. The molecule has 1 heterocycles. The van der Waals surface area contributed by atoms with Gasteiger partial charge >= 0.3 is 0 Å². The van der Waals surface area contributed by atoms with Crippen molar-refractivity contribution in [2.45, 2.75) is 55.5 Å². The molecule has 7 nitrogen and oxygen atoms in total. The Balaban J connectivity index is 1.37. The van der Waals surface area contributed by atoms with Crippen molar-refractivity contribution in [3.63, 3.8) is 0 Å². The van der Waals surface area contributed by atoms with Crippen LogP contribution in [-0.4, -0.2) is 35.1 Å². The molecule has 5 rings (SSSR count). The van der Waals surface area contributed by atoms with Crippen molar-refractivity contribution < 1.29 is 22.8 Å². The van der Waals surface area contributed by atoms with Crippen LogP contribution in [0.3, 0.4) is 0 Å². The Labute approximate surface area is 217 Å². The van der Waals surface area contributed by atoms with Gasteiger partial charge in [0.1, 0.15) is 16.7 Å². The van der Waals surface area contributed by atoms with Gasteiger partial charge in [0.05, 0.1) is 6.07 Å². The molecule has 192 valence electrons. The zero-order chi connectivity index (χ0) is 26.3. The lowest BCUT2D eigenvalue weighted by atomic mass is 9.78. The second kappa shape index (κ2) is 9.38. The number of benzene rings is 2. The number of furan rings is 1. The Morgan fingerprint density at radius 2 is 1.62 bits per heavy atom. The number of anilines is 1. The van der Waals surface area contributed by atoms with Gasteiger partial charge in [-0.1, -0.05) is 36.2 Å². The number of halogens is 2. The van der Waals surface area contributed by atoms with Gasteiger partial charge in [-0.05, 0) is 61.1 Å². The van der Waals surface area contributed by atoms with Gasteiger partial charge in [-0.2, -0.15) is 5.26 Å². The number of carbonyl (C=O) groups excluding carboxylic acids is 2. The summed E-state index contributed by atoms with van der Waals surface area (Å²) in [6.07, 6.45) is 1.41. The summed E-state index contributed by atoms with van der Waals surface area (Å²) in [6, 6.07) is 17.1. The summed E-state index contributed by atoms with van der Waals surface area (Å²) < 4.78 is 36.9. The van der Waals surface area contributed by atoms with Crippen LogP contribution in [0.4, 0.5) is 14.5 Å². The van der Waals surface area contributed by atoms with Gasteiger partial charge in [-0.3, -0.25) is 9.59 Å². The minimum absolute atomic E-state index is 0.0161. The predicted molar refractivity (Wildman–Crippen MR) is 138 cm³/mol. The molecule has 1 aromatic heterocycles. The molecule has 2 fully saturated rings. The van der Waals surface area contributed by atoms with Gasteiger partial charge in [-0.15, -0.1) is 0 Å². The Kier molecular flexibility index (Phi) is 6.36. The number of nitrogens with one attached hydrogen (secondary N) is 3. The van der Waals surface area contributed by atoms with Gasteiger partial charge < -0.3 is 19.8 Å². The highest BCUT2D eigenvalue weighted by molar-refractivity contribution is 7.99. The van der Waals surface area contributed by atoms with Gasteiger partial charge in [0.15, 0.2) is 5.76 Å². The number of amides is 2. The first-order valence-electron chi connectivity index (χ1n) is 12.0. The Bertz CT molecular complexity index is 1380. The third-order valence-electron chi connectivity index (χ3n) is 7.12. The minimum Gasteiger partial charge on any atom is -0.451 e. The fourth-order valence-corrected chi connectivity index (χ4v) is 5.00. The minimum atomic E-state index is -2.90. The fourth-order valence-electron chi connectivity index (χ4n) is 4.63. The molecule has 37 heavy (non-hydrogen) atoms. The van der Waals surface area contributed by atoms with Gasteiger partial charge in [0.2, 0.25) is 11.8 Å². The predicted octanol–water partition coefficient (Wildman–Crippen LogP) is 5.64. The molecule has 0 atom stereocenters. The van der Waals surface area contributed by atoms with E-state index in [1.165, 1.54) is 11.9 Å². The van der Waals surface area contributed by atoms with Crippen LogP contribution in [0.15, 0.2) is 52.9 Å². The second-order valence-corrected chi connectivity index (χ2v) is 10.4. The van der Waals surface area contributed by atoms with Crippen molar-refractivity contribution in [2.75, 3.05) is 11.0 Å². The quantitative estimate of drug-likeness (QED) is 0.345. The molecule has 3 N–H and O–H groups in total. The molecule has 0 unspecified atom stereocenters. The van der Waals surface area contributed by atoms with E-state index in [0.717, 1.165) is 16.8 Å². The molecule has 0 radical (unpaired) electrons. The molecule has 0 saturated heterocycles. The molecule has 2 aliphatic rings. The van der Waals surface area contributed by atoms with Crippen LogP contribution in [0.1, 0.15) is 49.1 Å². The third kappa shape index (κ3) is 5.14. The van der Waals surface area contributed by atoms with E-state index in [-0.39, 0.29) is 18.6 Å². The van der Waals surface area contributed by atoms with Crippen LogP contribution in [-0.2, 0) is 4.79 Å². The molecule has 2 saturated carbocycles. The molecular formula is C27H26F2N4O3S. The van der Waals surface area contributed by atoms with Crippen LogP contribution in [0.2, 0.25) is 0 Å². The number of hydrogen-bond donors (Lipinski definition) is 3. The van der Waals surface area contributed by atoms with Crippen molar-refractivity contribution in [1.29, 1.82) is 5.26 Å². The van der Waals surface area contributed by atoms with E-state index in [9.17, 15) is 23.6 Å². The third-order valence-corrected chi connectivity index (χ3v) is 7.56. The summed E-state index contributed by atoms with van der Waals surface area (Å²) >= 11 is 1.50. The molecule has 0 aliphatic heterocycles. The molecule has 2 aromatic carbocycles. The Morgan fingerprint density at radius 1 is 0.946 bits per heavy atom. The van der Waals surface area contributed by atoms with Crippen molar-refractivity contribution in [2.24, 2.45) is 0 Å². The maximum Gasteiger partial charge on any atom is 0.287 e. The number of nitrogens with zero attached hydrogens (tertiary/aromatic N) is 1. The zero-order valence-electron chi connectivity index (χ0n) is 20.2. The SMILES string of the molecule is CSNc1ccc(-c2ccc3cc(C(=O)NC4(C(=O)NC5(C#N)CC5)CCC(F)(F)CC4)oc3c2)cc1. The average molecular weight is 525 g/mol. The van der Waals surface area contributed by atoms with E-state index in [1.54, 1.807) is 6.07 Å². The largest absolute Gasteiger partial charge is 0.451 e. The Morgan fingerprint density at radius 3 is 2.24 bits per heavy atom. The van der Waals surface area contributed by atoms with E-state index in [4.69, 9.17) is 4.42 Å². The summed E-state index contributed by atoms with van der Waals surface area (Å²) in [6.45, 7) is 0. The molecule has 3 aromatic rings. The molecule has 2 amide bonds. The fraction of sp³-hybridized carbons (Fsp3) is 0.370. The van der Waals surface area contributed by atoms with Crippen molar-refractivity contribution >= 4 is 40.4 Å². The summed E-state index contributed by atoms with van der Waals surface area (Å²) in [5.41, 5.74) is 0.831. The number of carbonyl (C=O) groups is 2. The number of hydrogen-bond acceptors (Lipinski definition) is 6. The van der Waals surface area contributed by atoms with Gasteiger partial charge in [-0.25, -0.2) is 8.78 Å². The highest BCUT2D eigenvalue weighted by Crippen LogP contribution is 2.41. The zero-order valence-corrected chi connectivity index (χ0v) is 21.0. The molecule has 0 bridgehead atoms. The lowest BCUT2D eigenvalue weighted by molar-refractivity contribution is -0.133. The van der Waals surface area contributed by atoms with Crippen LogP contribution in [0, 0.1) is 11.3 Å². The number of alkyl halides is 2. The van der Waals surface area contributed by atoms with E-state index >= 15 is 0 Å². The standard InChI is InChI=1S/C27H26F2N4O3S/c1-37-33-20-6-4-17(5-7-20)18-2-3-19-15-22(36-21(19)14-18)23(34)31-26(10-12-27(28,29)13-11-26)24(35)32-25(16-30)8-9-25/h2-7,14-15,33H,8-13H2,1H3,(H,31,34)(H,32,35). The van der Waals surface area contributed by atoms with Crippen molar-refractivity contribution in [3.8, 4) is 17.2 Å².